The number of H-pyrrole nitrogens is 1. The van der Waals surface area contributed by atoms with Crippen LogP contribution >= 0.6 is 31.9 Å². The lowest BCUT2D eigenvalue weighted by atomic mass is 9.88. The van der Waals surface area contributed by atoms with Crippen LogP contribution in [0.3, 0.4) is 0 Å². The fourth-order valence-corrected chi connectivity index (χ4v) is 4.36. The summed E-state index contributed by atoms with van der Waals surface area (Å²) in [7, 11) is 0. The molecule has 2 atom stereocenters. The standard InChI is InChI=1S/C11H11Br2N5O.CH2O2/c12-5-4-6(15-8(5)13)9(19)18-3-1-2-11(18)7(4)16-10(14)17-11;2-1-3/h7,15H,1-3H2,(H3,14,16,17);1H,(H,2,3)/t7-,11+;/m0./s1. The largest absolute Gasteiger partial charge is 0.483 e. The third-order valence-corrected chi connectivity index (χ3v) is 6.10. The van der Waals surface area contributed by atoms with Gasteiger partial charge in [0, 0.05) is 12.1 Å². The SMILES string of the molecule is NC1=N[C@H]2c3c([nH]c(Br)c3Br)C(=O)N3CCC[C@]23N1.O=CO. The molecule has 10 heteroatoms. The van der Waals surface area contributed by atoms with Crippen LogP contribution in [0.15, 0.2) is 14.1 Å². The van der Waals surface area contributed by atoms with Crippen LogP contribution in [0.25, 0.3) is 0 Å². The van der Waals surface area contributed by atoms with Crippen LogP contribution < -0.4 is 11.1 Å². The Morgan fingerprint density at radius 3 is 2.86 bits per heavy atom. The molecule has 1 fully saturated rings. The number of nitrogens with two attached hydrogens (primary N) is 1. The van der Waals surface area contributed by atoms with Gasteiger partial charge in [-0.25, -0.2) is 4.99 Å². The summed E-state index contributed by atoms with van der Waals surface area (Å²) >= 11 is 6.95. The van der Waals surface area contributed by atoms with Crippen LogP contribution in [0.2, 0.25) is 0 Å². The van der Waals surface area contributed by atoms with Gasteiger partial charge in [-0.15, -0.1) is 0 Å². The van der Waals surface area contributed by atoms with Gasteiger partial charge >= 0.3 is 0 Å². The lowest BCUT2D eigenvalue weighted by molar-refractivity contribution is -0.122. The van der Waals surface area contributed by atoms with E-state index in [0.29, 0.717) is 11.7 Å². The molecule has 8 nitrogen and oxygen atoms in total. The maximum atomic E-state index is 12.6. The number of rotatable bonds is 0. The van der Waals surface area contributed by atoms with Crippen molar-refractivity contribution in [1.82, 2.24) is 15.2 Å². The molecule has 5 N–H and O–H groups in total. The minimum Gasteiger partial charge on any atom is -0.483 e. The molecule has 1 amide bonds. The number of carboxylic acid groups (broad SMARTS) is 1. The Morgan fingerprint density at radius 2 is 2.18 bits per heavy atom. The highest BCUT2D eigenvalue weighted by Crippen LogP contribution is 2.51. The number of guanidine groups is 1. The summed E-state index contributed by atoms with van der Waals surface area (Å²) in [4.78, 5) is 30.5. The summed E-state index contributed by atoms with van der Waals surface area (Å²) in [5.41, 5.74) is 6.88. The number of nitrogens with one attached hydrogen (secondary N) is 2. The first kappa shape index (κ1) is 15.3. The summed E-state index contributed by atoms with van der Waals surface area (Å²) in [5.74, 6) is 0.411. The van der Waals surface area contributed by atoms with E-state index in [9.17, 15) is 4.79 Å². The van der Waals surface area contributed by atoms with E-state index in [-0.39, 0.29) is 18.4 Å². The number of aromatic amines is 1. The predicted octanol–water partition coefficient (Wildman–Crippen LogP) is 1.15. The normalized spacial score (nSPS) is 27.9. The average Bonchev–Trinajstić information content (AvgIpc) is 3.10. The Bertz CT molecular complexity index is 689. The predicted molar refractivity (Wildman–Crippen MR) is 85.4 cm³/mol. The van der Waals surface area contributed by atoms with Gasteiger partial charge in [-0.1, -0.05) is 0 Å². The highest BCUT2D eigenvalue weighted by atomic mass is 79.9. The number of carbonyl (C=O) groups is 2. The first-order valence-electron chi connectivity index (χ1n) is 6.54. The van der Waals surface area contributed by atoms with Crippen molar-refractivity contribution in [3.63, 3.8) is 0 Å². The van der Waals surface area contributed by atoms with E-state index in [4.69, 9.17) is 15.6 Å². The molecule has 0 radical (unpaired) electrons. The molecular formula is C12H13Br2N5O3. The van der Waals surface area contributed by atoms with Crippen molar-refractivity contribution in [3.05, 3.63) is 20.3 Å². The van der Waals surface area contributed by atoms with E-state index in [1.165, 1.54) is 0 Å². The number of aliphatic imine (C=N–C) groups is 1. The Kier molecular flexibility index (Phi) is 3.68. The van der Waals surface area contributed by atoms with Crippen molar-refractivity contribution in [1.29, 1.82) is 0 Å². The van der Waals surface area contributed by atoms with Gasteiger partial charge in [0.05, 0.1) is 9.08 Å². The molecule has 0 aliphatic carbocycles. The zero-order valence-corrected chi connectivity index (χ0v) is 14.4. The first-order chi connectivity index (χ1) is 10.5. The molecule has 1 spiro atoms. The average molecular weight is 435 g/mol. The van der Waals surface area contributed by atoms with E-state index in [1.54, 1.807) is 0 Å². The van der Waals surface area contributed by atoms with Crippen molar-refractivity contribution in [2.75, 3.05) is 6.54 Å². The summed E-state index contributed by atoms with van der Waals surface area (Å²) in [5, 5.41) is 10.1. The molecule has 0 bridgehead atoms. The first-order valence-corrected chi connectivity index (χ1v) is 8.13. The third-order valence-electron chi connectivity index (χ3n) is 4.15. The van der Waals surface area contributed by atoms with Crippen molar-refractivity contribution in [2.24, 2.45) is 10.7 Å². The lowest BCUT2D eigenvalue weighted by Crippen LogP contribution is -2.61. The van der Waals surface area contributed by atoms with Gasteiger partial charge in [-0.05, 0) is 44.7 Å². The molecule has 1 aromatic rings. The van der Waals surface area contributed by atoms with Gasteiger partial charge in [0.2, 0.25) is 0 Å². The lowest BCUT2D eigenvalue weighted by Gasteiger charge is -2.42. The zero-order chi connectivity index (χ0) is 16.1. The van der Waals surface area contributed by atoms with E-state index in [1.807, 2.05) is 4.90 Å². The van der Waals surface area contributed by atoms with Gasteiger partial charge in [0.1, 0.15) is 17.4 Å². The molecule has 3 aliphatic rings. The minimum atomic E-state index is -0.474. The van der Waals surface area contributed by atoms with E-state index in [2.05, 4.69) is 47.2 Å². The van der Waals surface area contributed by atoms with Gasteiger partial charge in [-0.3, -0.25) is 9.59 Å². The second-order valence-corrected chi connectivity index (χ2v) is 6.76. The molecule has 0 unspecified atom stereocenters. The van der Waals surface area contributed by atoms with Crippen LogP contribution in [-0.4, -0.2) is 45.5 Å². The zero-order valence-electron chi connectivity index (χ0n) is 11.3. The van der Waals surface area contributed by atoms with Crippen molar-refractivity contribution < 1.29 is 14.7 Å². The summed E-state index contributed by atoms with van der Waals surface area (Å²) in [6, 6.07) is -0.153. The second kappa shape index (κ2) is 5.27. The monoisotopic (exact) mass is 433 g/mol. The van der Waals surface area contributed by atoms with E-state index in [0.717, 1.165) is 34.0 Å². The second-order valence-electron chi connectivity index (χ2n) is 5.17. The summed E-state index contributed by atoms with van der Waals surface area (Å²) in [6.45, 7) is 0.485. The van der Waals surface area contributed by atoms with Crippen LogP contribution in [0.4, 0.5) is 0 Å². The molecule has 1 aromatic heterocycles. The van der Waals surface area contributed by atoms with Crippen LogP contribution in [0.1, 0.15) is 34.9 Å². The Balaban J connectivity index is 0.000000446. The third kappa shape index (κ3) is 1.89. The fourth-order valence-electron chi connectivity index (χ4n) is 3.43. The van der Waals surface area contributed by atoms with Crippen molar-refractivity contribution >= 4 is 50.2 Å². The maximum absolute atomic E-state index is 12.6. The molecular weight excluding hydrogens is 422 g/mol. The van der Waals surface area contributed by atoms with Gasteiger partial charge in [-0.2, -0.15) is 0 Å². The Labute approximate surface area is 142 Å². The number of nitrogens with zero attached hydrogens (tertiary/aromatic N) is 2. The van der Waals surface area contributed by atoms with E-state index >= 15 is 0 Å². The topological polar surface area (TPSA) is 124 Å². The Hall–Kier alpha value is -1.55. The number of aromatic nitrogens is 1. The quantitative estimate of drug-likeness (QED) is 0.456. The van der Waals surface area contributed by atoms with Gasteiger partial charge in [0.25, 0.3) is 12.4 Å². The molecule has 22 heavy (non-hydrogen) atoms. The van der Waals surface area contributed by atoms with Gasteiger partial charge in [0.15, 0.2) is 5.96 Å². The molecule has 3 aliphatic heterocycles. The highest BCUT2D eigenvalue weighted by Gasteiger charge is 2.58. The highest BCUT2D eigenvalue weighted by molar-refractivity contribution is 9.13. The number of hydrogen-bond acceptors (Lipinski definition) is 5. The molecule has 118 valence electrons. The number of hydrogen-bond donors (Lipinski definition) is 4. The maximum Gasteiger partial charge on any atom is 0.290 e. The number of amides is 1. The minimum absolute atomic E-state index is 0.00699. The fraction of sp³-hybridized carbons (Fsp3) is 0.417. The molecule has 1 saturated heterocycles. The Morgan fingerprint density at radius 1 is 1.50 bits per heavy atom. The number of fused-ring (bicyclic) bond motifs is 2. The summed E-state index contributed by atoms with van der Waals surface area (Å²) < 4.78 is 1.62. The molecule has 0 saturated carbocycles. The van der Waals surface area contributed by atoms with Crippen molar-refractivity contribution in [2.45, 2.75) is 24.5 Å². The van der Waals surface area contributed by atoms with Crippen molar-refractivity contribution in [3.8, 4) is 0 Å². The smallest absolute Gasteiger partial charge is 0.290 e. The van der Waals surface area contributed by atoms with Crippen LogP contribution in [0, 0.1) is 0 Å². The van der Waals surface area contributed by atoms with E-state index < -0.39 is 5.66 Å². The summed E-state index contributed by atoms with van der Waals surface area (Å²) in [6.07, 6.45) is 1.82. The number of halogens is 2. The molecule has 4 rings (SSSR count). The molecule has 0 aromatic carbocycles. The van der Waals surface area contributed by atoms with Gasteiger partial charge < -0.3 is 26.0 Å². The van der Waals surface area contributed by atoms with Crippen LogP contribution in [-0.2, 0) is 4.79 Å². The number of carbonyl (C=O) groups excluding carboxylic acids is 1. The molecule has 4 heterocycles. The van der Waals surface area contributed by atoms with Crippen LogP contribution in [0.5, 0.6) is 0 Å².